The summed E-state index contributed by atoms with van der Waals surface area (Å²) in [4.78, 5) is 2.78. The number of hydrogen-bond acceptors (Lipinski definition) is 3. The van der Waals surface area contributed by atoms with Gasteiger partial charge in [0.15, 0.2) is 0 Å². The van der Waals surface area contributed by atoms with Gasteiger partial charge in [-0.3, -0.25) is 0 Å². The molecule has 0 saturated carbocycles. The van der Waals surface area contributed by atoms with Crippen molar-refractivity contribution < 1.29 is 0 Å². The molecule has 0 unspecified atom stereocenters. The molecule has 0 aliphatic heterocycles. The summed E-state index contributed by atoms with van der Waals surface area (Å²) >= 11 is 8.59. The fourth-order valence-electron chi connectivity index (χ4n) is 1.89. The molecule has 0 fully saturated rings. The van der Waals surface area contributed by atoms with E-state index >= 15 is 0 Å². The third kappa shape index (κ3) is 5.38. The molecule has 1 aromatic carbocycles. The van der Waals surface area contributed by atoms with Gasteiger partial charge in [0.25, 0.3) is 0 Å². The van der Waals surface area contributed by atoms with Crippen LogP contribution in [0.1, 0.15) is 32.3 Å². The highest BCUT2D eigenvalue weighted by molar-refractivity contribution is 9.10. The van der Waals surface area contributed by atoms with Crippen LogP contribution < -0.4 is 11.1 Å². The Bertz CT molecular complexity index is 449. The first-order valence-electron chi connectivity index (χ1n) is 6.96. The minimum Gasteiger partial charge on any atom is -0.389 e. The highest BCUT2D eigenvalue weighted by Crippen LogP contribution is 2.24. The molecule has 0 amide bonds. The number of halogens is 1. The van der Waals surface area contributed by atoms with E-state index in [2.05, 4.69) is 47.0 Å². The molecular formula is C15H24BrN3S. The van der Waals surface area contributed by atoms with E-state index in [9.17, 15) is 0 Å². The molecule has 0 aliphatic carbocycles. The molecule has 0 aromatic heterocycles. The van der Waals surface area contributed by atoms with Gasteiger partial charge in [-0.2, -0.15) is 0 Å². The van der Waals surface area contributed by atoms with Crippen molar-refractivity contribution in [2.24, 2.45) is 5.73 Å². The SMILES string of the molecule is CC(C)N(C)CCCCNc1cccc(Br)c1C(N)=S. The Hall–Kier alpha value is -0.650. The first kappa shape index (κ1) is 17.4. The Morgan fingerprint density at radius 1 is 1.40 bits per heavy atom. The lowest BCUT2D eigenvalue weighted by molar-refractivity contribution is 0.269. The normalized spacial score (nSPS) is 11.1. The van der Waals surface area contributed by atoms with E-state index in [0.717, 1.165) is 35.2 Å². The van der Waals surface area contributed by atoms with Gasteiger partial charge < -0.3 is 16.0 Å². The number of nitrogens with zero attached hydrogens (tertiary/aromatic N) is 1. The van der Waals surface area contributed by atoms with E-state index in [1.165, 1.54) is 6.42 Å². The lowest BCUT2D eigenvalue weighted by Crippen LogP contribution is -2.27. The predicted molar refractivity (Wildman–Crippen MR) is 95.5 cm³/mol. The maximum Gasteiger partial charge on any atom is 0.107 e. The third-order valence-corrected chi connectivity index (χ3v) is 4.26. The quantitative estimate of drug-likeness (QED) is 0.550. The number of thiocarbonyl (C=S) groups is 1. The van der Waals surface area contributed by atoms with Crippen molar-refractivity contribution in [3.8, 4) is 0 Å². The van der Waals surface area contributed by atoms with Gasteiger partial charge in [-0.05, 0) is 68.3 Å². The summed E-state index contributed by atoms with van der Waals surface area (Å²) in [5.41, 5.74) is 7.67. The molecule has 0 bridgehead atoms. The van der Waals surface area contributed by atoms with Gasteiger partial charge in [-0.15, -0.1) is 0 Å². The molecule has 0 spiro atoms. The second kappa shape index (κ2) is 8.60. The molecule has 1 rings (SSSR count). The summed E-state index contributed by atoms with van der Waals surface area (Å²) in [6.45, 7) is 6.49. The lowest BCUT2D eigenvalue weighted by atomic mass is 10.1. The molecule has 0 atom stereocenters. The average molecular weight is 358 g/mol. The van der Waals surface area contributed by atoms with Gasteiger partial charge >= 0.3 is 0 Å². The summed E-state index contributed by atoms with van der Waals surface area (Å²) in [5, 5.41) is 3.42. The highest BCUT2D eigenvalue weighted by Gasteiger charge is 2.08. The van der Waals surface area contributed by atoms with Crippen molar-refractivity contribution in [2.45, 2.75) is 32.7 Å². The van der Waals surface area contributed by atoms with E-state index < -0.39 is 0 Å². The second-order valence-electron chi connectivity index (χ2n) is 5.23. The van der Waals surface area contributed by atoms with Gasteiger partial charge in [0.1, 0.15) is 4.99 Å². The van der Waals surface area contributed by atoms with E-state index in [1.807, 2.05) is 18.2 Å². The third-order valence-electron chi connectivity index (χ3n) is 3.39. The van der Waals surface area contributed by atoms with Gasteiger partial charge in [0, 0.05) is 28.3 Å². The molecule has 112 valence electrons. The standard InChI is InChI=1S/C15H24BrN3S/c1-11(2)19(3)10-5-4-9-18-13-8-6-7-12(16)14(13)15(17)20/h6-8,11,18H,4-5,9-10H2,1-3H3,(H2,17,20). The molecule has 0 heterocycles. The highest BCUT2D eigenvalue weighted by atomic mass is 79.9. The van der Waals surface area contributed by atoms with Gasteiger partial charge in [-0.25, -0.2) is 0 Å². The Balaban J connectivity index is 2.43. The van der Waals surface area contributed by atoms with Crippen LogP contribution >= 0.6 is 28.1 Å². The Labute approximate surface area is 136 Å². The fraction of sp³-hybridized carbons (Fsp3) is 0.533. The minimum absolute atomic E-state index is 0.416. The van der Waals surface area contributed by atoms with E-state index in [0.29, 0.717) is 11.0 Å². The van der Waals surface area contributed by atoms with Crippen molar-refractivity contribution >= 4 is 38.8 Å². The Kier molecular flexibility index (Phi) is 7.48. The molecule has 3 N–H and O–H groups in total. The van der Waals surface area contributed by atoms with Crippen LogP contribution in [-0.2, 0) is 0 Å². The smallest absolute Gasteiger partial charge is 0.107 e. The molecular weight excluding hydrogens is 334 g/mol. The fourth-order valence-corrected chi connectivity index (χ4v) is 2.82. The lowest BCUT2D eigenvalue weighted by Gasteiger charge is -2.20. The molecule has 0 aliphatic rings. The largest absolute Gasteiger partial charge is 0.389 e. The van der Waals surface area contributed by atoms with E-state index in [-0.39, 0.29) is 0 Å². The number of nitrogens with one attached hydrogen (secondary N) is 1. The van der Waals surface area contributed by atoms with Crippen LogP contribution in [0.3, 0.4) is 0 Å². The van der Waals surface area contributed by atoms with Gasteiger partial charge in [-0.1, -0.05) is 18.3 Å². The summed E-state index contributed by atoms with van der Waals surface area (Å²) in [6, 6.07) is 6.56. The summed E-state index contributed by atoms with van der Waals surface area (Å²) in [6.07, 6.45) is 2.30. The molecule has 0 radical (unpaired) electrons. The van der Waals surface area contributed by atoms with Crippen LogP contribution in [0.25, 0.3) is 0 Å². The molecule has 1 aromatic rings. The number of nitrogens with two attached hydrogens (primary N) is 1. The second-order valence-corrected chi connectivity index (χ2v) is 6.53. The number of benzene rings is 1. The summed E-state index contributed by atoms with van der Waals surface area (Å²) in [5.74, 6) is 0. The number of anilines is 1. The number of unbranched alkanes of at least 4 members (excludes halogenated alkanes) is 1. The van der Waals surface area contributed by atoms with E-state index in [4.69, 9.17) is 18.0 Å². The molecule has 0 saturated heterocycles. The minimum atomic E-state index is 0.416. The van der Waals surface area contributed by atoms with Gasteiger partial charge in [0.2, 0.25) is 0 Å². The number of rotatable bonds is 8. The van der Waals surface area contributed by atoms with Crippen molar-refractivity contribution in [1.82, 2.24) is 4.90 Å². The van der Waals surface area contributed by atoms with Crippen molar-refractivity contribution in [1.29, 1.82) is 0 Å². The van der Waals surface area contributed by atoms with Crippen LogP contribution in [0.4, 0.5) is 5.69 Å². The zero-order valence-corrected chi connectivity index (χ0v) is 14.9. The predicted octanol–water partition coefficient (Wildman–Crippen LogP) is 3.62. The first-order chi connectivity index (χ1) is 9.43. The maximum atomic E-state index is 5.77. The Morgan fingerprint density at radius 2 is 2.10 bits per heavy atom. The summed E-state index contributed by atoms with van der Waals surface area (Å²) < 4.78 is 0.939. The van der Waals surface area contributed by atoms with Crippen molar-refractivity contribution in [3.05, 3.63) is 28.2 Å². The van der Waals surface area contributed by atoms with Crippen LogP contribution in [0.5, 0.6) is 0 Å². The number of hydrogen-bond donors (Lipinski definition) is 2. The van der Waals surface area contributed by atoms with E-state index in [1.54, 1.807) is 0 Å². The topological polar surface area (TPSA) is 41.3 Å². The van der Waals surface area contributed by atoms with Crippen LogP contribution in [0.15, 0.2) is 22.7 Å². The first-order valence-corrected chi connectivity index (χ1v) is 8.16. The summed E-state index contributed by atoms with van der Waals surface area (Å²) in [7, 11) is 2.16. The van der Waals surface area contributed by atoms with Crippen LogP contribution in [0.2, 0.25) is 0 Å². The average Bonchev–Trinajstić information content (AvgIpc) is 2.37. The van der Waals surface area contributed by atoms with Crippen molar-refractivity contribution in [3.63, 3.8) is 0 Å². The Morgan fingerprint density at radius 3 is 2.70 bits per heavy atom. The molecule has 5 heteroatoms. The van der Waals surface area contributed by atoms with Crippen molar-refractivity contribution in [2.75, 3.05) is 25.5 Å². The molecule has 20 heavy (non-hydrogen) atoms. The van der Waals surface area contributed by atoms with Gasteiger partial charge in [0.05, 0.1) is 0 Å². The zero-order chi connectivity index (χ0) is 15.1. The molecule has 3 nitrogen and oxygen atoms in total. The maximum absolute atomic E-state index is 5.77. The monoisotopic (exact) mass is 357 g/mol. The van der Waals surface area contributed by atoms with Crippen LogP contribution in [0, 0.1) is 0 Å². The zero-order valence-electron chi connectivity index (χ0n) is 12.4. The van der Waals surface area contributed by atoms with Crippen LogP contribution in [-0.4, -0.2) is 36.1 Å².